The van der Waals surface area contributed by atoms with Crippen LogP contribution in [0.25, 0.3) is 11.0 Å². The molecule has 472 valence electrons. The zero-order valence-electron chi connectivity index (χ0n) is 51.3. The summed E-state index contributed by atoms with van der Waals surface area (Å²) in [5.41, 5.74) is 1.41. The van der Waals surface area contributed by atoms with E-state index in [1.807, 2.05) is 0 Å². The van der Waals surface area contributed by atoms with Crippen LogP contribution in [0.5, 0.6) is 34.6 Å². The molecule has 0 radical (unpaired) electrons. The topological polar surface area (TPSA) is 216 Å². The molecule has 5 saturated carbocycles. The maximum atomic E-state index is 11.2. The number of benzene rings is 4. The largest absolute Gasteiger partial charge is 0.483 e. The number of carbonyl (C=O) groups is 5. The summed E-state index contributed by atoms with van der Waals surface area (Å²) in [7, 11) is -5.37. The zero-order valence-corrected chi connectivity index (χ0v) is 55.2. The third-order valence-corrected chi connectivity index (χ3v) is 19.7. The molecular formula is C66H87Cl3N2O13S2. The highest BCUT2D eigenvalue weighted by Crippen LogP contribution is 2.33. The number of hydrogen-bond donors (Lipinski definition) is 0. The molecule has 1 aromatic heterocycles. The fraction of sp³-hybridized carbons (Fsp3) is 0.530. The molecule has 4 aromatic carbocycles. The second-order valence-corrected chi connectivity index (χ2v) is 28.6. The summed E-state index contributed by atoms with van der Waals surface area (Å²) in [5, 5.41) is 1.59. The molecule has 86 heavy (non-hydrogen) atoms. The van der Waals surface area contributed by atoms with Gasteiger partial charge in [0.05, 0.1) is 32.8 Å². The van der Waals surface area contributed by atoms with E-state index in [1.54, 1.807) is 126 Å². The van der Waals surface area contributed by atoms with E-state index in [4.69, 9.17) is 53.8 Å². The van der Waals surface area contributed by atoms with Crippen molar-refractivity contribution in [3.63, 3.8) is 0 Å². The van der Waals surface area contributed by atoms with Gasteiger partial charge in [0, 0.05) is 40.3 Å². The van der Waals surface area contributed by atoms with Gasteiger partial charge in [0.1, 0.15) is 65.8 Å². The number of hydrogen-bond acceptors (Lipinski definition) is 15. The third kappa shape index (κ3) is 27.3. The minimum Gasteiger partial charge on any atom is -0.483 e. The Morgan fingerprint density at radius 2 is 0.814 bits per heavy atom. The number of nitrogens with zero attached hydrogens (tertiary/aromatic N) is 2. The van der Waals surface area contributed by atoms with Gasteiger partial charge >= 0.3 is 0 Å². The molecule has 0 aliphatic heterocycles. The quantitative estimate of drug-likeness (QED) is 0.0952. The number of aromatic nitrogens is 2. The van der Waals surface area contributed by atoms with E-state index in [0.29, 0.717) is 95.8 Å². The number of rotatable bonds is 15. The van der Waals surface area contributed by atoms with E-state index in [1.165, 1.54) is 64.9 Å². The van der Waals surface area contributed by atoms with Crippen molar-refractivity contribution >= 4 is 94.4 Å². The lowest BCUT2D eigenvalue weighted by molar-refractivity contribution is -0.123. The van der Waals surface area contributed by atoms with Crippen molar-refractivity contribution < 1.29 is 59.8 Å². The standard InChI is InChI=1S/C18H15ClN2O3.C16H14Cl2O3.C8H14O.C7H12O.C6H12O2S.C6H10O.C5H10O2S/c1-11(22)12(2)23-14-4-6-15(7-5-14)24-18-10-20-17-9-13(19)3-8-16(17)21-18;1-10(19)11(2)20-13-4-6-14(7-5-13)21-16-8-3-12(17)9-15(16)18;1-7(9)8-5-3-2-4-6-8;1-6(8)7-4-2-3-5-7;1-9(7,8)6-4-2-3-5-6;1-5(7)6-3-2-4-6;1-8(6,7)5-3-2-4-5/h3-10,12H,1-2H3;3-9,11H,1-2H3;8H,2-6H2,1H3;7H,2-5H2,1H3;6H,2-5H2,1H3;6H,2-4H2,1H3;5H,2-4H2,1H3. The summed E-state index contributed by atoms with van der Waals surface area (Å²) in [6.07, 6.45) is 24.7. The third-order valence-electron chi connectivity index (χ3n) is 15.6. The van der Waals surface area contributed by atoms with Gasteiger partial charge in [0.15, 0.2) is 23.8 Å². The predicted octanol–water partition coefficient (Wildman–Crippen LogP) is 16.4. The molecule has 10 rings (SSSR count). The van der Waals surface area contributed by atoms with Crippen LogP contribution in [0.15, 0.2) is 91.1 Å². The first-order valence-electron chi connectivity index (χ1n) is 29.8. The molecule has 15 nitrogen and oxygen atoms in total. The van der Waals surface area contributed by atoms with Gasteiger partial charge < -0.3 is 18.9 Å². The van der Waals surface area contributed by atoms with E-state index in [0.717, 1.165) is 83.5 Å². The Bertz CT molecular complexity index is 3190. The van der Waals surface area contributed by atoms with Crippen molar-refractivity contribution in [3.05, 3.63) is 106 Å². The monoisotopic (exact) mass is 1280 g/mol. The molecule has 0 bridgehead atoms. The molecule has 0 saturated heterocycles. The van der Waals surface area contributed by atoms with Gasteiger partial charge in [-0.25, -0.2) is 26.8 Å². The molecule has 0 N–H and O–H groups in total. The van der Waals surface area contributed by atoms with Crippen molar-refractivity contribution in [2.24, 2.45) is 17.8 Å². The Labute approximate surface area is 525 Å². The first-order valence-corrected chi connectivity index (χ1v) is 34.8. The lowest BCUT2D eigenvalue weighted by Gasteiger charge is -2.22. The summed E-state index contributed by atoms with van der Waals surface area (Å²) in [6.45, 7) is 11.5. The van der Waals surface area contributed by atoms with Crippen molar-refractivity contribution in [2.45, 2.75) is 193 Å². The summed E-state index contributed by atoms with van der Waals surface area (Å²) < 4.78 is 65.2. The molecule has 5 aliphatic rings. The number of fused-ring (bicyclic) bond motifs is 1. The minimum absolute atomic E-state index is 0.00231. The highest BCUT2D eigenvalue weighted by molar-refractivity contribution is 7.91. The smallest absolute Gasteiger partial charge is 0.238 e. The number of halogens is 3. The summed E-state index contributed by atoms with van der Waals surface area (Å²) in [6, 6.07) is 24.2. The molecule has 0 amide bonds. The maximum absolute atomic E-state index is 11.2. The average Bonchev–Trinajstić information content (AvgIpc) is 3.07. The normalized spacial score (nSPS) is 16.7. The molecule has 0 spiro atoms. The van der Waals surface area contributed by atoms with Crippen LogP contribution in [0, 0.1) is 17.8 Å². The lowest BCUT2D eigenvalue weighted by Crippen LogP contribution is -2.26. The maximum Gasteiger partial charge on any atom is 0.238 e. The average molecular weight is 1290 g/mol. The molecule has 5 aromatic rings. The lowest BCUT2D eigenvalue weighted by atomic mass is 9.83. The molecule has 20 heteroatoms. The van der Waals surface area contributed by atoms with E-state index in [9.17, 15) is 40.8 Å². The van der Waals surface area contributed by atoms with E-state index >= 15 is 0 Å². The van der Waals surface area contributed by atoms with Crippen LogP contribution in [0.4, 0.5) is 0 Å². The first-order chi connectivity index (χ1) is 40.6. The second kappa shape index (κ2) is 36.8. The highest BCUT2D eigenvalue weighted by Gasteiger charge is 2.27. The molecule has 1 heterocycles. The molecule has 2 atom stereocenters. The van der Waals surface area contributed by atoms with Crippen LogP contribution >= 0.6 is 34.8 Å². The van der Waals surface area contributed by atoms with Gasteiger partial charge in [-0.2, -0.15) is 0 Å². The Balaban J connectivity index is 0.000000229. The van der Waals surface area contributed by atoms with Gasteiger partial charge in [-0.3, -0.25) is 24.0 Å². The second-order valence-electron chi connectivity index (χ2n) is 22.7. The Morgan fingerprint density at radius 1 is 0.453 bits per heavy atom. The Kier molecular flexibility index (Phi) is 31.2. The van der Waals surface area contributed by atoms with E-state index in [2.05, 4.69) is 9.97 Å². The molecule has 5 fully saturated rings. The highest BCUT2D eigenvalue weighted by atomic mass is 35.5. The zero-order chi connectivity index (χ0) is 63.6. The van der Waals surface area contributed by atoms with Crippen LogP contribution < -0.4 is 18.9 Å². The number of ketones is 5. The number of carbonyl (C=O) groups excluding carboxylic acids is 5. The van der Waals surface area contributed by atoms with E-state index < -0.39 is 31.9 Å². The number of sulfone groups is 2. The van der Waals surface area contributed by atoms with Crippen molar-refractivity contribution in [2.75, 3.05) is 12.5 Å². The molecule has 5 aliphatic carbocycles. The van der Waals surface area contributed by atoms with E-state index in [-0.39, 0.29) is 22.1 Å². The van der Waals surface area contributed by atoms with Crippen LogP contribution in [0.2, 0.25) is 15.1 Å². The van der Waals surface area contributed by atoms with Gasteiger partial charge in [-0.15, -0.1) is 0 Å². The minimum atomic E-state index is -2.70. The van der Waals surface area contributed by atoms with Gasteiger partial charge in [-0.1, -0.05) is 92.6 Å². The first kappa shape index (κ1) is 73.0. The summed E-state index contributed by atoms with van der Waals surface area (Å²) in [5.74, 6) is 5.73. The van der Waals surface area contributed by atoms with Crippen LogP contribution in [0.1, 0.15) is 170 Å². The SMILES string of the molecule is CC(=O)C(C)Oc1ccc(Oc2ccc(Cl)cc2Cl)cc1.CC(=O)C(C)Oc1ccc(Oc2cnc3cc(Cl)ccc3n2)cc1.CC(=O)C1CCC1.CC(=O)C1CCCC1.CC(=O)C1CCCCC1.CS(=O)(=O)C1CCC1.CS(=O)(=O)C1CCCC1. The van der Waals surface area contributed by atoms with Crippen LogP contribution in [-0.4, -0.2) is 90.9 Å². The Hall–Kier alpha value is -5.46. The van der Waals surface area contributed by atoms with Gasteiger partial charge in [0.25, 0.3) is 0 Å². The van der Waals surface area contributed by atoms with Crippen molar-refractivity contribution in [3.8, 4) is 34.6 Å². The van der Waals surface area contributed by atoms with Crippen molar-refractivity contribution in [1.82, 2.24) is 9.97 Å². The molecular weight excluding hydrogens is 1200 g/mol. The number of ether oxygens (including phenoxy) is 4. The predicted molar refractivity (Wildman–Crippen MR) is 343 cm³/mol. The van der Waals surface area contributed by atoms with Crippen LogP contribution in [0.3, 0.4) is 0 Å². The van der Waals surface area contributed by atoms with Crippen LogP contribution in [-0.2, 0) is 43.6 Å². The number of Topliss-reactive ketones (excluding diaryl/α,β-unsaturated/α-hetero) is 5. The molecule has 2 unspecified atom stereocenters. The summed E-state index contributed by atoms with van der Waals surface area (Å²) in [4.78, 5) is 62.9. The fourth-order valence-electron chi connectivity index (χ4n) is 9.34. The summed E-state index contributed by atoms with van der Waals surface area (Å²) >= 11 is 17.8. The van der Waals surface area contributed by atoms with Crippen molar-refractivity contribution in [1.29, 1.82) is 0 Å². The van der Waals surface area contributed by atoms with Gasteiger partial charge in [-0.05, 0) is 198 Å². The van der Waals surface area contributed by atoms with Gasteiger partial charge in [0.2, 0.25) is 5.88 Å². The Morgan fingerprint density at radius 3 is 1.16 bits per heavy atom. The fourth-order valence-corrected chi connectivity index (χ4v) is 12.3.